The second kappa shape index (κ2) is 5.46. The van der Waals surface area contributed by atoms with Gasteiger partial charge in [-0.05, 0) is 34.8 Å². The zero-order chi connectivity index (χ0) is 13.2. The van der Waals surface area contributed by atoms with Gasteiger partial charge in [0, 0.05) is 24.0 Å². The molecular formula is C13H13BrN4S. The van der Waals surface area contributed by atoms with Gasteiger partial charge in [-0.1, -0.05) is 25.1 Å². The van der Waals surface area contributed by atoms with Gasteiger partial charge in [0.2, 0.25) is 0 Å². The van der Waals surface area contributed by atoms with Crippen LogP contribution >= 0.6 is 28.1 Å². The van der Waals surface area contributed by atoms with Gasteiger partial charge in [0.25, 0.3) is 0 Å². The van der Waals surface area contributed by atoms with Crippen LogP contribution in [-0.2, 0) is 0 Å². The average molecular weight is 337 g/mol. The van der Waals surface area contributed by atoms with Crippen LogP contribution in [0.1, 0.15) is 37.3 Å². The summed E-state index contributed by atoms with van der Waals surface area (Å²) in [6.45, 7) is 0. The smallest absolute Gasteiger partial charge is 0.195 e. The number of hydrogen-bond acceptors (Lipinski definition) is 4. The highest BCUT2D eigenvalue weighted by Gasteiger charge is 2.22. The van der Waals surface area contributed by atoms with Crippen molar-refractivity contribution < 1.29 is 0 Å². The van der Waals surface area contributed by atoms with Gasteiger partial charge in [0.1, 0.15) is 4.64 Å². The van der Waals surface area contributed by atoms with E-state index in [0.29, 0.717) is 22.2 Å². The van der Waals surface area contributed by atoms with Crippen molar-refractivity contribution in [1.82, 2.24) is 19.9 Å². The first-order valence-corrected chi connectivity index (χ1v) is 7.53. The van der Waals surface area contributed by atoms with E-state index in [0.717, 1.165) is 10.2 Å². The van der Waals surface area contributed by atoms with Gasteiger partial charge >= 0.3 is 0 Å². The number of hydrogen-bond donors (Lipinski definition) is 1. The third-order valence-electron chi connectivity index (χ3n) is 3.43. The van der Waals surface area contributed by atoms with Crippen LogP contribution < -0.4 is 0 Å². The Hall–Kier alpha value is -1.14. The van der Waals surface area contributed by atoms with Gasteiger partial charge in [0.05, 0.1) is 4.47 Å². The maximum Gasteiger partial charge on any atom is 0.195 e. The maximum atomic E-state index is 5.33. The summed E-state index contributed by atoms with van der Waals surface area (Å²) in [7, 11) is 0. The van der Waals surface area contributed by atoms with Gasteiger partial charge in [-0.3, -0.25) is 0 Å². The summed E-state index contributed by atoms with van der Waals surface area (Å²) in [5.41, 5.74) is 1.14. The molecule has 0 saturated heterocycles. The quantitative estimate of drug-likeness (QED) is 0.841. The molecule has 1 fully saturated rings. The predicted molar refractivity (Wildman–Crippen MR) is 79.4 cm³/mol. The molecule has 6 heteroatoms. The van der Waals surface area contributed by atoms with Crippen LogP contribution in [0.2, 0.25) is 0 Å². The van der Waals surface area contributed by atoms with Crippen LogP contribution in [0.15, 0.2) is 22.9 Å². The predicted octanol–water partition coefficient (Wildman–Crippen LogP) is 4.02. The van der Waals surface area contributed by atoms with Gasteiger partial charge < -0.3 is 4.98 Å². The average Bonchev–Trinajstić information content (AvgIpc) is 2.96. The van der Waals surface area contributed by atoms with E-state index >= 15 is 0 Å². The normalized spacial score (nSPS) is 15.8. The zero-order valence-electron chi connectivity index (χ0n) is 10.3. The second-order valence-electron chi connectivity index (χ2n) is 4.67. The molecule has 0 atom stereocenters. The lowest BCUT2D eigenvalue weighted by Gasteiger charge is -2.13. The standard InChI is InChI=1S/C13H13BrN4S/c14-9-10(8-4-1-2-5-8)17-12(18-13(9)19)11-15-6-3-7-16-11/h3,6-8H,1-2,4-5H2,(H,17,18,19). The summed E-state index contributed by atoms with van der Waals surface area (Å²) in [5.74, 6) is 1.76. The zero-order valence-corrected chi connectivity index (χ0v) is 12.7. The van der Waals surface area contributed by atoms with E-state index in [2.05, 4.69) is 35.9 Å². The lowest BCUT2D eigenvalue weighted by atomic mass is 10.0. The first-order valence-electron chi connectivity index (χ1n) is 6.33. The van der Waals surface area contributed by atoms with E-state index in [9.17, 15) is 0 Å². The summed E-state index contributed by atoms with van der Waals surface area (Å²) < 4.78 is 1.48. The van der Waals surface area contributed by atoms with Crippen molar-refractivity contribution in [2.45, 2.75) is 31.6 Å². The topological polar surface area (TPSA) is 54.5 Å². The Morgan fingerprint density at radius 2 is 1.89 bits per heavy atom. The number of H-pyrrole nitrogens is 1. The van der Waals surface area contributed by atoms with Crippen LogP contribution in [0.3, 0.4) is 0 Å². The molecular weight excluding hydrogens is 324 g/mol. The minimum Gasteiger partial charge on any atom is -0.339 e. The highest BCUT2D eigenvalue weighted by Crippen LogP contribution is 2.37. The Bertz CT molecular complexity index is 635. The van der Waals surface area contributed by atoms with E-state index in [4.69, 9.17) is 12.2 Å². The highest BCUT2D eigenvalue weighted by molar-refractivity contribution is 9.10. The Kier molecular flexibility index (Phi) is 3.70. The molecule has 98 valence electrons. The molecule has 0 bridgehead atoms. The molecule has 0 aliphatic heterocycles. The molecule has 1 aliphatic rings. The van der Waals surface area contributed by atoms with E-state index in [1.54, 1.807) is 18.5 Å². The molecule has 1 N–H and O–H groups in total. The Labute approximate surface area is 124 Å². The number of aromatic nitrogens is 4. The first kappa shape index (κ1) is 12.9. The largest absolute Gasteiger partial charge is 0.339 e. The van der Waals surface area contributed by atoms with Crippen molar-refractivity contribution in [1.29, 1.82) is 0 Å². The Balaban J connectivity index is 2.10. The number of rotatable bonds is 2. The SMILES string of the molecule is S=c1nc(-c2ncccn2)[nH]c(C2CCCC2)c1Br. The summed E-state index contributed by atoms with van der Waals surface area (Å²) in [5, 5.41) is 0. The highest BCUT2D eigenvalue weighted by atomic mass is 79.9. The third-order valence-corrected chi connectivity index (χ3v) is 4.79. The van der Waals surface area contributed by atoms with Crippen LogP contribution in [0, 0.1) is 4.64 Å². The molecule has 2 heterocycles. The fraction of sp³-hybridized carbons (Fsp3) is 0.385. The molecule has 4 nitrogen and oxygen atoms in total. The van der Waals surface area contributed by atoms with E-state index in [1.807, 2.05) is 0 Å². The number of aromatic amines is 1. The molecule has 0 radical (unpaired) electrons. The Morgan fingerprint density at radius 1 is 1.21 bits per heavy atom. The van der Waals surface area contributed by atoms with E-state index in [-0.39, 0.29) is 0 Å². The number of halogens is 1. The molecule has 2 aromatic rings. The monoisotopic (exact) mass is 336 g/mol. The van der Waals surface area contributed by atoms with Crippen LogP contribution in [0.25, 0.3) is 11.6 Å². The molecule has 0 aromatic carbocycles. The molecule has 0 spiro atoms. The Morgan fingerprint density at radius 3 is 2.58 bits per heavy atom. The van der Waals surface area contributed by atoms with Crippen molar-refractivity contribution in [2.75, 3.05) is 0 Å². The van der Waals surface area contributed by atoms with E-state index < -0.39 is 0 Å². The number of nitrogens with one attached hydrogen (secondary N) is 1. The molecule has 19 heavy (non-hydrogen) atoms. The van der Waals surface area contributed by atoms with Gasteiger partial charge in [-0.25, -0.2) is 15.0 Å². The fourth-order valence-electron chi connectivity index (χ4n) is 2.50. The minimum atomic E-state index is 0.529. The van der Waals surface area contributed by atoms with Crippen molar-refractivity contribution in [3.8, 4) is 11.6 Å². The first-order chi connectivity index (χ1) is 9.25. The van der Waals surface area contributed by atoms with Crippen molar-refractivity contribution in [3.63, 3.8) is 0 Å². The van der Waals surface area contributed by atoms with Crippen LogP contribution in [-0.4, -0.2) is 19.9 Å². The van der Waals surface area contributed by atoms with E-state index in [1.165, 1.54) is 25.7 Å². The molecule has 3 rings (SSSR count). The molecule has 1 saturated carbocycles. The van der Waals surface area contributed by atoms with Crippen LogP contribution in [0.4, 0.5) is 0 Å². The summed E-state index contributed by atoms with van der Waals surface area (Å²) in [6, 6.07) is 1.79. The number of nitrogens with zero attached hydrogens (tertiary/aromatic N) is 3. The summed E-state index contributed by atoms with van der Waals surface area (Å²) >= 11 is 8.89. The van der Waals surface area contributed by atoms with Crippen molar-refractivity contribution in [2.24, 2.45) is 0 Å². The maximum absolute atomic E-state index is 5.33. The summed E-state index contributed by atoms with van der Waals surface area (Å²) in [4.78, 5) is 16.2. The van der Waals surface area contributed by atoms with Gasteiger partial charge in [-0.15, -0.1) is 0 Å². The third kappa shape index (κ3) is 2.60. The molecule has 2 aromatic heterocycles. The van der Waals surface area contributed by atoms with Crippen molar-refractivity contribution in [3.05, 3.63) is 33.3 Å². The minimum absolute atomic E-state index is 0.529. The lowest BCUT2D eigenvalue weighted by Crippen LogP contribution is -2.04. The second-order valence-corrected chi connectivity index (χ2v) is 5.85. The van der Waals surface area contributed by atoms with Gasteiger partial charge in [-0.2, -0.15) is 0 Å². The molecule has 0 unspecified atom stereocenters. The fourth-order valence-corrected chi connectivity index (χ4v) is 3.21. The lowest BCUT2D eigenvalue weighted by molar-refractivity contribution is 0.689. The summed E-state index contributed by atoms with van der Waals surface area (Å²) in [6.07, 6.45) is 8.36. The molecule has 1 aliphatic carbocycles. The van der Waals surface area contributed by atoms with Crippen molar-refractivity contribution >= 4 is 28.1 Å². The molecule has 0 amide bonds. The van der Waals surface area contributed by atoms with Crippen LogP contribution in [0.5, 0.6) is 0 Å². The van der Waals surface area contributed by atoms with Gasteiger partial charge in [0.15, 0.2) is 11.6 Å².